The van der Waals surface area contributed by atoms with Crippen LogP contribution in [-0.2, 0) is 38.5 Å². The third-order valence-electron chi connectivity index (χ3n) is 4.14. The summed E-state index contributed by atoms with van der Waals surface area (Å²) in [5.41, 5.74) is 0.457. The van der Waals surface area contributed by atoms with Crippen molar-refractivity contribution in [2.24, 2.45) is 0 Å². The molecule has 0 radical (unpaired) electrons. The van der Waals surface area contributed by atoms with Crippen molar-refractivity contribution in [3.63, 3.8) is 0 Å². The molecule has 0 N–H and O–H groups in total. The van der Waals surface area contributed by atoms with Gasteiger partial charge in [-0.25, -0.2) is 13.2 Å². The molecule has 1 saturated heterocycles. The van der Waals surface area contributed by atoms with E-state index in [1.54, 1.807) is 24.3 Å². The van der Waals surface area contributed by atoms with E-state index < -0.39 is 34.2 Å². The molecule has 0 atom stereocenters. The van der Waals surface area contributed by atoms with Gasteiger partial charge in [0.05, 0.1) is 25.5 Å². The first-order valence-electron chi connectivity index (χ1n) is 9.69. The van der Waals surface area contributed by atoms with Gasteiger partial charge in [-0.05, 0) is 34.7 Å². The van der Waals surface area contributed by atoms with Crippen LogP contribution in [-0.4, -0.2) is 90.8 Å². The van der Waals surface area contributed by atoms with Gasteiger partial charge < -0.3 is 19.0 Å². The zero-order valence-corrected chi connectivity index (χ0v) is 18.4. The van der Waals surface area contributed by atoms with E-state index in [4.69, 9.17) is 14.2 Å². The second-order valence-electron chi connectivity index (χ2n) is 6.70. The Labute approximate surface area is 188 Å². The molecule has 3 rings (SSSR count). The predicted molar refractivity (Wildman–Crippen MR) is 107 cm³/mol. The first-order chi connectivity index (χ1) is 15.8. The van der Waals surface area contributed by atoms with Crippen LogP contribution in [0.25, 0.3) is 5.69 Å². The van der Waals surface area contributed by atoms with E-state index in [0.29, 0.717) is 16.5 Å². The van der Waals surface area contributed by atoms with Crippen LogP contribution >= 0.6 is 0 Å². The predicted octanol–water partition coefficient (Wildman–Crippen LogP) is -0.915. The van der Waals surface area contributed by atoms with Crippen LogP contribution in [0.3, 0.4) is 0 Å². The quantitative estimate of drug-likeness (QED) is 0.269. The van der Waals surface area contributed by atoms with Crippen LogP contribution in [0.2, 0.25) is 0 Å². The Hall–Kier alpha value is -3.43. The number of imide groups is 1. The number of amides is 2. The van der Waals surface area contributed by atoms with Gasteiger partial charge in [-0.2, -0.15) is 4.68 Å². The Morgan fingerprint density at radius 2 is 1.64 bits per heavy atom. The second kappa shape index (κ2) is 10.9. The molecular formula is C18H21N5O9S. The van der Waals surface area contributed by atoms with Gasteiger partial charge in [-0.1, -0.05) is 5.10 Å². The maximum Gasteiger partial charge on any atom is 0.358 e. The fraction of sp³-hybridized carbons (Fsp3) is 0.444. The number of nitrogens with zero attached hydrogens (tertiary/aromatic N) is 5. The number of hydroxylamine groups is 2. The summed E-state index contributed by atoms with van der Waals surface area (Å²) in [5, 5.41) is 10.8. The molecule has 14 nitrogen and oxygen atoms in total. The van der Waals surface area contributed by atoms with Crippen molar-refractivity contribution in [2.45, 2.75) is 18.0 Å². The Morgan fingerprint density at radius 1 is 1.00 bits per heavy atom. The molecule has 2 heterocycles. The third kappa shape index (κ3) is 6.77. The van der Waals surface area contributed by atoms with Crippen molar-refractivity contribution in [1.29, 1.82) is 0 Å². The standard InChI is InChI=1S/C18H21N5O9S/c1-33(27,28)18-19-20-21-22(18)13-2-4-14(5-3-13)31-11-10-29-8-9-30-12-17(26)32-23-15(24)6-7-16(23)25/h2-5H,6-12H2,1H3. The number of carbonyl (C=O) groups is 3. The molecule has 0 spiro atoms. The Balaban J connectivity index is 1.29. The summed E-state index contributed by atoms with van der Waals surface area (Å²) < 4.78 is 40.4. The molecule has 15 heteroatoms. The zero-order valence-electron chi connectivity index (χ0n) is 17.6. The SMILES string of the molecule is CS(=O)(=O)c1nnnn1-c1ccc(OCCOCCOCC(=O)ON2C(=O)CCC2=O)cc1. The molecule has 2 aromatic rings. The van der Waals surface area contributed by atoms with Gasteiger partial charge >= 0.3 is 5.97 Å². The highest BCUT2D eigenvalue weighted by molar-refractivity contribution is 7.90. The molecule has 2 amide bonds. The number of hydrogen-bond donors (Lipinski definition) is 0. The van der Waals surface area contributed by atoms with Crippen molar-refractivity contribution < 1.29 is 41.8 Å². The molecule has 1 aromatic heterocycles. The number of sulfone groups is 1. The van der Waals surface area contributed by atoms with E-state index >= 15 is 0 Å². The molecular weight excluding hydrogens is 462 g/mol. The normalized spacial score (nSPS) is 14.0. The maximum absolute atomic E-state index is 11.7. The van der Waals surface area contributed by atoms with Gasteiger partial charge in [0, 0.05) is 19.1 Å². The number of hydrogen-bond acceptors (Lipinski definition) is 12. The smallest absolute Gasteiger partial charge is 0.358 e. The van der Waals surface area contributed by atoms with Gasteiger partial charge in [0.25, 0.3) is 17.0 Å². The molecule has 0 unspecified atom stereocenters. The van der Waals surface area contributed by atoms with Crippen LogP contribution in [0, 0.1) is 0 Å². The largest absolute Gasteiger partial charge is 0.491 e. The minimum Gasteiger partial charge on any atom is -0.491 e. The average molecular weight is 483 g/mol. The monoisotopic (exact) mass is 483 g/mol. The van der Waals surface area contributed by atoms with Crippen molar-refractivity contribution in [1.82, 2.24) is 25.3 Å². The van der Waals surface area contributed by atoms with Crippen molar-refractivity contribution in [3.8, 4) is 11.4 Å². The van der Waals surface area contributed by atoms with E-state index in [1.807, 2.05) is 0 Å². The number of tetrazole rings is 1. The van der Waals surface area contributed by atoms with Gasteiger partial charge in [0.2, 0.25) is 9.84 Å². The fourth-order valence-corrected chi connectivity index (χ4v) is 3.28. The lowest BCUT2D eigenvalue weighted by atomic mass is 10.3. The first kappa shape index (κ1) is 24.2. The highest BCUT2D eigenvalue weighted by Gasteiger charge is 2.32. The number of benzene rings is 1. The highest BCUT2D eigenvalue weighted by Crippen LogP contribution is 2.17. The molecule has 0 saturated carbocycles. The van der Waals surface area contributed by atoms with Crippen LogP contribution < -0.4 is 4.74 Å². The van der Waals surface area contributed by atoms with E-state index in [0.717, 1.165) is 10.9 Å². The molecule has 33 heavy (non-hydrogen) atoms. The Morgan fingerprint density at radius 3 is 2.30 bits per heavy atom. The molecule has 1 fully saturated rings. The summed E-state index contributed by atoms with van der Waals surface area (Å²) in [7, 11) is -3.58. The van der Waals surface area contributed by atoms with Crippen molar-refractivity contribution in [2.75, 3.05) is 39.3 Å². The summed E-state index contributed by atoms with van der Waals surface area (Å²) in [6.45, 7) is 0.342. The summed E-state index contributed by atoms with van der Waals surface area (Å²) in [6, 6.07) is 6.48. The number of carbonyl (C=O) groups excluding carboxylic acids is 3. The van der Waals surface area contributed by atoms with Gasteiger partial charge in [-0.3, -0.25) is 9.59 Å². The van der Waals surface area contributed by atoms with Crippen LogP contribution in [0.15, 0.2) is 29.4 Å². The molecule has 1 aromatic carbocycles. The van der Waals surface area contributed by atoms with E-state index in [1.165, 1.54) is 0 Å². The van der Waals surface area contributed by atoms with Crippen molar-refractivity contribution >= 4 is 27.6 Å². The Kier molecular flexibility index (Phi) is 8.02. The minimum absolute atomic E-state index is 0.0242. The molecule has 0 aliphatic carbocycles. The molecule has 0 bridgehead atoms. The summed E-state index contributed by atoms with van der Waals surface area (Å²) in [6.07, 6.45) is 1.06. The topological polar surface area (TPSA) is 169 Å². The van der Waals surface area contributed by atoms with Crippen molar-refractivity contribution in [3.05, 3.63) is 24.3 Å². The fourth-order valence-electron chi connectivity index (χ4n) is 2.64. The molecule has 1 aliphatic rings. The zero-order chi connectivity index (χ0) is 23.8. The molecule has 178 valence electrons. The van der Waals surface area contributed by atoms with Crippen LogP contribution in [0.5, 0.6) is 5.75 Å². The van der Waals surface area contributed by atoms with E-state index in [-0.39, 0.29) is 44.4 Å². The minimum atomic E-state index is -3.58. The Bertz CT molecular complexity index is 1080. The summed E-state index contributed by atoms with van der Waals surface area (Å²) in [5.74, 6) is -1.43. The number of ether oxygens (including phenoxy) is 3. The lowest BCUT2D eigenvalue weighted by molar-refractivity contribution is -0.200. The summed E-state index contributed by atoms with van der Waals surface area (Å²) in [4.78, 5) is 38.9. The number of rotatable bonds is 12. The molecule has 1 aliphatic heterocycles. The third-order valence-corrected chi connectivity index (χ3v) is 5.06. The summed E-state index contributed by atoms with van der Waals surface area (Å²) >= 11 is 0. The van der Waals surface area contributed by atoms with E-state index in [2.05, 4.69) is 20.4 Å². The van der Waals surface area contributed by atoms with Gasteiger partial charge in [0.15, 0.2) is 0 Å². The number of aromatic nitrogens is 4. The highest BCUT2D eigenvalue weighted by atomic mass is 32.2. The van der Waals surface area contributed by atoms with Crippen LogP contribution in [0.4, 0.5) is 0 Å². The lowest BCUT2D eigenvalue weighted by Gasteiger charge is -2.12. The van der Waals surface area contributed by atoms with Gasteiger partial charge in [0.1, 0.15) is 19.0 Å². The second-order valence-corrected chi connectivity index (χ2v) is 8.61. The van der Waals surface area contributed by atoms with E-state index in [9.17, 15) is 22.8 Å². The average Bonchev–Trinajstić information content (AvgIpc) is 3.39. The van der Waals surface area contributed by atoms with Gasteiger partial charge in [-0.15, -0.1) is 5.06 Å². The van der Waals surface area contributed by atoms with Crippen LogP contribution in [0.1, 0.15) is 12.8 Å². The first-order valence-corrected chi connectivity index (χ1v) is 11.6. The lowest BCUT2D eigenvalue weighted by Crippen LogP contribution is -2.33. The maximum atomic E-state index is 11.7.